The minimum Gasteiger partial charge on any atom is -0.338 e. The number of nitrogens with zero attached hydrogens (tertiary/aromatic N) is 6. The van der Waals surface area contributed by atoms with Gasteiger partial charge in [-0.2, -0.15) is 4.98 Å². The maximum Gasteiger partial charge on any atom is 0.239 e. The van der Waals surface area contributed by atoms with Crippen molar-refractivity contribution >= 4 is 45.1 Å². The number of hydrogen-bond acceptors (Lipinski definition) is 9. The Morgan fingerprint density at radius 2 is 2.07 bits per heavy atom. The number of fused-ring (bicyclic) bond motifs is 1. The Labute approximate surface area is 169 Å². The summed E-state index contributed by atoms with van der Waals surface area (Å²) in [5.74, 6) is 2.92. The van der Waals surface area contributed by atoms with Crippen LogP contribution in [0.3, 0.4) is 0 Å². The monoisotopic (exact) mass is 418 g/mol. The van der Waals surface area contributed by atoms with Crippen LogP contribution in [-0.2, 0) is 12.3 Å². The molecule has 10 heteroatoms. The van der Waals surface area contributed by atoms with E-state index in [-0.39, 0.29) is 5.25 Å². The average Bonchev–Trinajstić information content (AvgIpc) is 3.37. The van der Waals surface area contributed by atoms with Crippen molar-refractivity contribution in [2.24, 2.45) is 0 Å². The molecule has 0 amide bonds. The number of aryl methyl sites for hydroxylation is 1. The van der Waals surface area contributed by atoms with Gasteiger partial charge in [0, 0.05) is 6.54 Å². The summed E-state index contributed by atoms with van der Waals surface area (Å²) in [4.78, 5) is 8.97. The molecule has 0 aliphatic carbocycles. The van der Waals surface area contributed by atoms with Crippen molar-refractivity contribution in [3.8, 4) is 0 Å². The second-order valence-electron chi connectivity index (χ2n) is 5.82. The molecule has 0 bridgehead atoms. The highest BCUT2D eigenvalue weighted by Crippen LogP contribution is 2.35. The van der Waals surface area contributed by atoms with Crippen LogP contribution in [0.2, 0.25) is 0 Å². The number of para-hydroxylation sites is 1. The van der Waals surface area contributed by atoms with E-state index in [1.165, 1.54) is 4.70 Å². The molecule has 0 unspecified atom stereocenters. The minimum atomic E-state index is 0.0189. The molecule has 1 aromatic carbocycles. The molecule has 0 spiro atoms. The second kappa shape index (κ2) is 7.99. The first kappa shape index (κ1) is 18.5. The summed E-state index contributed by atoms with van der Waals surface area (Å²) >= 11 is 4.98. The highest BCUT2D eigenvalue weighted by Gasteiger charge is 2.20. The third-order valence-electron chi connectivity index (χ3n) is 3.88. The quantitative estimate of drug-likeness (QED) is 0.398. The number of aromatic nitrogens is 6. The summed E-state index contributed by atoms with van der Waals surface area (Å²) in [6.07, 6.45) is 0. The smallest absolute Gasteiger partial charge is 0.239 e. The largest absolute Gasteiger partial charge is 0.338 e. The molecule has 0 saturated carbocycles. The lowest BCUT2D eigenvalue weighted by atomic mass is 10.3. The summed E-state index contributed by atoms with van der Waals surface area (Å²) in [6, 6.07) is 8.19. The molecule has 0 aliphatic heterocycles. The summed E-state index contributed by atoms with van der Waals surface area (Å²) in [5.41, 5.74) is 1.04. The van der Waals surface area contributed by atoms with Crippen molar-refractivity contribution in [2.45, 2.75) is 47.8 Å². The Hall–Kier alpha value is -1.91. The van der Waals surface area contributed by atoms with Gasteiger partial charge in [0.05, 0.1) is 21.2 Å². The molecule has 1 atom stereocenters. The Morgan fingerprint density at radius 1 is 1.22 bits per heavy atom. The maximum atomic E-state index is 5.26. The highest BCUT2D eigenvalue weighted by atomic mass is 32.2. The van der Waals surface area contributed by atoms with Crippen LogP contribution >= 0.6 is 34.9 Å². The second-order valence-corrected chi connectivity index (χ2v) is 9.38. The highest BCUT2D eigenvalue weighted by molar-refractivity contribution is 8.00. The number of thioether (sulfide) groups is 2. The molecule has 0 radical (unpaired) electrons. The van der Waals surface area contributed by atoms with E-state index in [1.54, 1.807) is 34.9 Å². The Kier molecular flexibility index (Phi) is 5.46. The van der Waals surface area contributed by atoms with Gasteiger partial charge in [-0.25, -0.2) is 4.98 Å². The summed E-state index contributed by atoms with van der Waals surface area (Å²) in [7, 11) is 0. The van der Waals surface area contributed by atoms with Gasteiger partial charge in [-0.05, 0) is 32.9 Å². The molecule has 3 aromatic heterocycles. The van der Waals surface area contributed by atoms with E-state index >= 15 is 0 Å². The first-order chi connectivity index (χ1) is 13.1. The van der Waals surface area contributed by atoms with E-state index in [0.717, 1.165) is 33.1 Å². The molecule has 7 nitrogen and oxygen atoms in total. The van der Waals surface area contributed by atoms with E-state index in [0.29, 0.717) is 11.7 Å². The fraction of sp³-hybridized carbons (Fsp3) is 0.353. The Morgan fingerprint density at radius 3 is 2.81 bits per heavy atom. The van der Waals surface area contributed by atoms with Gasteiger partial charge < -0.3 is 9.09 Å². The van der Waals surface area contributed by atoms with Gasteiger partial charge >= 0.3 is 0 Å². The summed E-state index contributed by atoms with van der Waals surface area (Å²) < 4.78 is 9.64. The van der Waals surface area contributed by atoms with Crippen LogP contribution in [0.25, 0.3) is 10.2 Å². The van der Waals surface area contributed by atoms with Crippen molar-refractivity contribution in [2.75, 3.05) is 0 Å². The van der Waals surface area contributed by atoms with Gasteiger partial charge in [0.1, 0.15) is 5.82 Å². The van der Waals surface area contributed by atoms with Gasteiger partial charge in [0.2, 0.25) is 5.89 Å². The third-order valence-corrected chi connectivity index (χ3v) is 7.13. The number of rotatable bonds is 7. The molecule has 4 aromatic rings. The predicted octanol–water partition coefficient (Wildman–Crippen LogP) is 4.74. The SMILES string of the molecule is CCn1c(CSc2nc3ccccc3s2)nnc1S[C@H](C)c1nc(C)no1. The topological polar surface area (TPSA) is 82.5 Å². The number of thiazole rings is 1. The average molecular weight is 419 g/mol. The van der Waals surface area contributed by atoms with E-state index < -0.39 is 0 Å². The molecule has 3 heterocycles. The van der Waals surface area contributed by atoms with Crippen LogP contribution in [-0.4, -0.2) is 29.9 Å². The van der Waals surface area contributed by atoms with Gasteiger partial charge in [-0.15, -0.1) is 21.5 Å². The molecule has 0 fully saturated rings. The fourth-order valence-corrected chi connectivity index (χ4v) is 5.53. The molecule has 0 aliphatic rings. The first-order valence-electron chi connectivity index (χ1n) is 8.51. The van der Waals surface area contributed by atoms with Crippen molar-refractivity contribution < 1.29 is 4.52 Å². The van der Waals surface area contributed by atoms with E-state index in [9.17, 15) is 0 Å². The zero-order chi connectivity index (χ0) is 18.8. The van der Waals surface area contributed by atoms with Crippen LogP contribution in [0.4, 0.5) is 0 Å². The van der Waals surface area contributed by atoms with Crippen molar-refractivity contribution in [3.63, 3.8) is 0 Å². The normalized spacial score (nSPS) is 12.7. The third kappa shape index (κ3) is 4.02. The first-order valence-corrected chi connectivity index (χ1v) is 11.2. The molecule has 27 heavy (non-hydrogen) atoms. The van der Waals surface area contributed by atoms with E-state index in [1.807, 2.05) is 32.0 Å². The molecule has 140 valence electrons. The van der Waals surface area contributed by atoms with Crippen LogP contribution in [0, 0.1) is 6.92 Å². The van der Waals surface area contributed by atoms with Gasteiger partial charge in [0.15, 0.2) is 15.3 Å². The molecular formula is C17H18N6OS3. The Bertz CT molecular complexity index is 1020. The lowest BCUT2D eigenvalue weighted by molar-refractivity contribution is 0.376. The van der Waals surface area contributed by atoms with Crippen LogP contribution in [0.15, 0.2) is 38.3 Å². The van der Waals surface area contributed by atoms with Crippen LogP contribution in [0.5, 0.6) is 0 Å². The molecular weight excluding hydrogens is 400 g/mol. The molecule has 0 N–H and O–H groups in total. The maximum absolute atomic E-state index is 5.26. The summed E-state index contributed by atoms with van der Waals surface area (Å²) in [6.45, 7) is 6.75. The van der Waals surface area contributed by atoms with E-state index in [4.69, 9.17) is 4.52 Å². The predicted molar refractivity (Wildman–Crippen MR) is 108 cm³/mol. The van der Waals surface area contributed by atoms with E-state index in [2.05, 4.69) is 42.9 Å². The van der Waals surface area contributed by atoms with Crippen LogP contribution < -0.4 is 0 Å². The zero-order valence-electron chi connectivity index (χ0n) is 15.1. The van der Waals surface area contributed by atoms with Crippen molar-refractivity contribution in [3.05, 3.63) is 41.8 Å². The lowest BCUT2D eigenvalue weighted by Crippen LogP contribution is -2.03. The number of benzene rings is 1. The zero-order valence-corrected chi connectivity index (χ0v) is 17.6. The Balaban J connectivity index is 1.47. The van der Waals surface area contributed by atoms with Crippen molar-refractivity contribution in [1.82, 2.24) is 29.9 Å². The molecule has 0 saturated heterocycles. The van der Waals surface area contributed by atoms with Gasteiger partial charge in [-0.3, -0.25) is 0 Å². The van der Waals surface area contributed by atoms with Crippen LogP contribution in [0.1, 0.15) is 36.6 Å². The van der Waals surface area contributed by atoms with Gasteiger partial charge in [0.25, 0.3) is 0 Å². The fourth-order valence-electron chi connectivity index (χ4n) is 2.56. The summed E-state index contributed by atoms with van der Waals surface area (Å²) in [5, 5.41) is 13.5. The van der Waals surface area contributed by atoms with Gasteiger partial charge in [-0.1, -0.05) is 40.8 Å². The number of hydrogen-bond donors (Lipinski definition) is 0. The minimum absolute atomic E-state index is 0.0189. The standard InChI is InChI=1S/C17H18N6OS3/c1-4-23-14(9-25-17-19-12-7-5-6-8-13(12)27-17)20-21-16(23)26-10(2)15-18-11(3)22-24-15/h5-8,10H,4,9H2,1-3H3/t10-/m1/s1. The molecule has 4 rings (SSSR count). The van der Waals surface area contributed by atoms with Crippen molar-refractivity contribution in [1.29, 1.82) is 0 Å². The lowest BCUT2D eigenvalue weighted by Gasteiger charge is -2.08.